The number of rotatable bonds is 3. The zero-order valence-electron chi connectivity index (χ0n) is 8.16. The highest BCUT2D eigenvalue weighted by Gasteiger charge is 2.27. The minimum absolute atomic E-state index is 0. The Morgan fingerprint density at radius 2 is 2.21 bits per heavy atom. The molecule has 1 aromatic heterocycles. The monoisotopic (exact) mass is 299 g/mol. The van der Waals surface area contributed by atoms with Gasteiger partial charge in [-0.05, 0) is 22.0 Å². The van der Waals surface area contributed by atoms with Crippen LogP contribution in [-0.2, 0) is 0 Å². The van der Waals surface area contributed by atoms with Crippen LogP contribution >= 0.6 is 39.7 Å². The van der Waals surface area contributed by atoms with Crippen LogP contribution in [0, 0.1) is 5.41 Å². The second-order valence-corrected chi connectivity index (χ2v) is 5.65. The number of aliphatic hydroxyl groups is 1. The summed E-state index contributed by atoms with van der Waals surface area (Å²) in [5.74, 6) is 0. The number of hydrogen-bond donors (Lipinski definition) is 2. The Morgan fingerprint density at radius 3 is 2.57 bits per heavy atom. The van der Waals surface area contributed by atoms with Crippen LogP contribution in [0.5, 0.6) is 0 Å². The van der Waals surface area contributed by atoms with E-state index in [4.69, 9.17) is 10.8 Å². The smallest absolute Gasteiger partial charge is 0.0500 e. The van der Waals surface area contributed by atoms with Crippen molar-refractivity contribution in [2.24, 2.45) is 11.1 Å². The molecule has 0 aliphatic carbocycles. The molecule has 0 fully saturated rings. The Bertz CT molecular complexity index is 290. The van der Waals surface area contributed by atoms with Crippen molar-refractivity contribution in [1.29, 1.82) is 0 Å². The van der Waals surface area contributed by atoms with Gasteiger partial charge in [0.2, 0.25) is 0 Å². The van der Waals surface area contributed by atoms with Gasteiger partial charge >= 0.3 is 0 Å². The van der Waals surface area contributed by atoms with Crippen LogP contribution in [0.15, 0.2) is 15.9 Å². The van der Waals surface area contributed by atoms with E-state index in [0.29, 0.717) is 0 Å². The van der Waals surface area contributed by atoms with Gasteiger partial charge in [-0.2, -0.15) is 0 Å². The average Bonchev–Trinajstić information content (AvgIpc) is 2.50. The van der Waals surface area contributed by atoms with Crippen molar-refractivity contribution in [2.45, 2.75) is 19.9 Å². The van der Waals surface area contributed by atoms with Crippen LogP contribution in [-0.4, -0.2) is 11.7 Å². The van der Waals surface area contributed by atoms with Crippen LogP contribution in [0.4, 0.5) is 0 Å². The number of aliphatic hydroxyl groups excluding tert-OH is 1. The van der Waals surface area contributed by atoms with Crippen LogP contribution in [0.1, 0.15) is 24.8 Å². The largest absolute Gasteiger partial charge is 0.396 e. The van der Waals surface area contributed by atoms with Crippen LogP contribution in [0.25, 0.3) is 0 Å². The molecule has 0 aliphatic rings. The molecule has 1 rings (SSSR count). The molecule has 0 amide bonds. The van der Waals surface area contributed by atoms with Crippen molar-refractivity contribution >= 4 is 39.7 Å². The highest BCUT2D eigenvalue weighted by Crippen LogP contribution is 2.35. The molecule has 3 N–H and O–H groups in total. The summed E-state index contributed by atoms with van der Waals surface area (Å²) in [6.07, 6.45) is 0. The van der Waals surface area contributed by atoms with Gasteiger partial charge in [0, 0.05) is 26.2 Å². The summed E-state index contributed by atoms with van der Waals surface area (Å²) in [5, 5.41) is 11.1. The van der Waals surface area contributed by atoms with Gasteiger partial charge in [0.05, 0.1) is 6.61 Å². The minimum Gasteiger partial charge on any atom is -0.396 e. The van der Waals surface area contributed by atoms with Crippen LogP contribution in [0.3, 0.4) is 0 Å². The number of hydrogen-bond acceptors (Lipinski definition) is 3. The van der Waals surface area contributed by atoms with Gasteiger partial charge in [-0.3, -0.25) is 0 Å². The lowest BCUT2D eigenvalue weighted by molar-refractivity contribution is 0.133. The molecule has 0 saturated heterocycles. The predicted octanol–water partition coefficient (Wildman–Crippen LogP) is 2.95. The molecule has 0 aromatic carbocycles. The standard InChI is InChI=1S/C9H14BrNOS.ClH/c1-9(2,5-12)8(11)7-3-6(10)4-13-7;/h3-4,8,12H,5,11H2,1-2H3;1H/t8-;/m1./s1. The quantitative estimate of drug-likeness (QED) is 0.901. The molecule has 0 unspecified atom stereocenters. The molecule has 0 aliphatic heterocycles. The van der Waals surface area contributed by atoms with Crippen molar-refractivity contribution in [3.63, 3.8) is 0 Å². The first-order valence-corrected chi connectivity index (χ1v) is 5.75. The SMILES string of the molecule is CC(C)(CO)[C@H](N)c1cc(Br)cs1.Cl. The van der Waals surface area contributed by atoms with Crippen molar-refractivity contribution in [1.82, 2.24) is 0 Å². The zero-order valence-corrected chi connectivity index (χ0v) is 11.4. The molecular formula is C9H15BrClNOS. The topological polar surface area (TPSA) is 46.2 Å². The van der Waals surface area contributed by atoms with Gasteiger partial charge < -0.3 is 10.8 Å². The molecule has 82 valence electrons. The van der Waals surface area contributed by atoms with E-state index >= 15 is 0 Å². The van der Waals surface area contributed by atoms with Gasteiger partial charge in [-0.15, -0.1) is 23.7 Å². The number of halogens is 2. The zero-order chi connectivity index (χ0) is 10.1. The molecule has 1 atom stereocenters. The van der Waals surface area contributed by atoms with Crippen LogP contribution < -0.4 is 5.73 Å². The van der Waals surface area contributed by atoms with Gasteiger partial charge in [0.25, 0.3) is 0 Å². The molecule has 1 heterocycles. The lowest BCUT2D eigenvalue weighted by atomic mass is 9.85. The van der Waals surface area contributed by atoms with Gasteiger partial charge in [0.15, 0.2) is 0 Å². The van der Waals surface area contributed by atoms with E-state index in [1.807, 2.05) is 25.3 Å². The molecule has 2 nitrogen and oxygen atoms in total. The lowest BCUT2D eigenvalue weighted by Crippen LogP contribution is -2.31. The van der Waals surface area contributed by atoms with E-state index in [1.54, 1.807) is 11.3 Å². The van der Waals surface area contributed by atoms with E-state index < -0.39 is 0 Å². The first-order valence-electron chi connectivity index (χ1n) is 4.08. The Kier molecular flexibility index (Phi) is 5.62. The fraction of sp³-hybridized carbons (Fsp3) is 0.556. The Hall–Kier alpha value is 0.390. The van der Waals surface area contributed by atoms with Crippen molar-refractivity contribution in [2.75, 3.05) is 6.61 Å². The van der Waals surface area contributed by atoms with Crippen LogP contribution in [0.2, 0.25) is 0 Å². The van der Waals surface area contributed by atoms with E-state index in [1.165, 1.54) is 0 Å². The number of thiophene rings is 1. The Morgan fingerprint density at radius 1 is 1.64 bits per heavy atom. The maximum absolute atomic E-state index is 9.15. The molecular weight excluding hydrogens is 286 g/mol. The third kappa shape index (κ3) is 3.21. The van der Waals surface area contributed by atoms with Gasteiger partial charge in [0.1, 0.15) is 0 Å². The minimum atomic E-state index is -0.260. The third-order valence-electron chi connectivity index (χ3n) is 2.14. The highest BCUT2D eigenvalue weighted by molar-refractivity contribution is 9.10. The molecule has 0 spiro atoms. The summed E-state index contributed by atoms with van der Waals surface area (Å²) in [7, 11) is 0. The van der Waals surface area contributed by atoms with E-state index in [0.717, 1.165) is 9.35 Å². The molecule has 0 bridgehead atoms. The number of nitrogens with two attached hydrogens (primary N) is 1. The Balaban J connectivity index is 0.00000169. The van der Waals surface area contributed by atoms with E-state index in [-0.39, 0.29) is 30.5 Å². The first kappa shape index (κ1) is 14.4. The molecule has 14 heavy (non-hydrogen) atoms. The first-order chi connectivity index (χ1) is 5.97. The second-order valence-electron chi connectivity index (χ2n) is 3.79. The maximum atomic E-state index is 9.15. The summed E-state index contributed by atoms with van der Waals surface area (Å²) in [6.45, 7) is 4.03. The normalized spacial score (nSPS) is 13.5. The molecule has 0 saturated carbocycles. The van der Waals surface area contributed by atoms with E-state index in [9.17, 15) is 0 Å². The average molecular weight is 301 g/mol. The lowest BCUT2D eigenvalue weighted by Gasteiger charge is -2.28. The summed E-state index contributed by atoms with van der Waals surface area (Å²) in [5.41, 5.74) is 5.77. The van der Waals surface area contributed by atoms with Crippen molar-refractivity contribution in [3.05, 3.63) is 20.8 Å². The second kappa shape index (κ2) is 5.47. The van der Waals surface area contributed by atoms with Crippen molar-refractivity contribution in [3.8, 4) is 0 Å². The van der Waals surface area contributed by atoms with Gasteiger partial charge in [-0.25, -0.2) is 0 Å². The van der Waals surface area contributed by atoms with Gasteiger partial charge in [-0.1, -0.05) is 13.8 Å². The summed E-state index contributed by atoms with van der Waals surface area (Å²) >= 11 is 5.00. The third-order valence-corrected chi connectivity index (χ3v) is 3.92. The fourth-order valence-electron chi connectivity index (χ4n) is 0.975. The summed E-state index contributed by atoms with van der Waals surface area (Å²) in [6, 6.07) is 1.90. The highest BCUT2D eigenvalue weighted by atomic mass is 79.9. The molecule has 0 radical (unpaired) electrons. The Labute approximate surface area is 103 Å². The molecule has 1 aromatic rings. The summed E-state index contributed by atoms with van der Waals surface area (Å²) in [4.78, 5) is 1.10. The predicted molar refractivity (Wildman–Crippen MR) is 67.1 cm³/mol. The van der Waals surface area contributed by atoms with E-state index in [2.05, 4.69) is 15.9 Å². The maximum Gasteiger partial charge on any atom is 0.0500 e. The van der Waals surface area contributed by atoms with Crippen molar-refractivity contribution < 1.29 is 5.11 Å². The fourth-order valence-corrected chi connectivity index (χ4v) is 2.63. The summed E-state index contributed by atoms with van der Waals surface area (Å²) < 4.78 is 1.05. The molecule has 5 heteroatoms.